The summed E-state index contributed by atoms with van der Waals surface area (Å²) in [6.07, 6.45) is 2.64. The van der Waals surface area contributed by atoms with Gasteiger partial charge in [0.2, 0.25) is 5.91 Å². The molecule has 5 nitrogen and oxygen atoms in total. The smallest absolute Gasteiger partial charge is 0.254 e. The lowest BCUT2D eigenvalue weighted by Crippen LogP contribution is -2.42. The van der Waals surface area contributed by atoms with Crippen molar-refractivity contribution in [2.45, 2.75) is 38.6 Å². The van der Waals surface area contributed by atoms with Crippen LogP contribution in [0.5, 0.6) is 0 Å². The Morgan fingerprint density at radius 3 is 2.54 bits per heavy atom. The molecule has 1 saturated heterocycles. The van der Waals surface area contributed by atoms with Crippen LogP contribution in [-0.4, -0.2) is 42.4 Å². The first-order valence-corrected chi connectivity index (χ1v) is 8.65. The molecule has 1 aromatic rings. The van der Waals surface area contributed by atoms with Gasteiger partial charge in [-0.2, -0.15) is 0 Å². The van der Waals surface area contributed by atoms with Gasteiger partial charge >= 0.3 is 0 Å². The molecule has 0 aliphatic carbocycles. The maximum absolute atomic E-state index is 13.5. The second kappa shape index (κ2) is 10.4. The second-order valence-electron chi connectivity index (χ2n) is 6.56. The number of nitrogens with zero attached hydrogens (tertiary/aromatic N) is 1. The summed E-state index contributed by atoms with van der Waals surface area (Å²) >= 11 is 0. The van der Waals surface area contributed by atoms with Crippen LogP contribution in [0, 0.1) is 17.6 Å². The summed E-state index contributed by atoms with van der Waals surface area (Å²) in [4.78, 5) is 25.8. The lowest BCUT2D eigenvalue weighted by Gasteiger charge is -2.33. The van der Waals surface area contributed by atoms with E-state index in [-0.39, 0.29) is 36.5 Å². The summed E-state index contributed by atoms with van der Waals surface area (Å²) in [5.41, 5.74) is 5.69. The molecule has 0 aromatic heterocycles. The number of amides is 2. The summed E-state index contributed by atoms with van der Waals surface area (Å²) in [7, 11) is 0. The summed E-state index contributed by atoms with van der Waals surface area (Å²) in [6, 6.07) is 2.96. The van der Waals surface area contributed by atoms with Crippen molar-refractivity contribution in [3.8, 4) is 0 Å². The molecule has 1 aliphatic heterocycles. The number of benzene rings is 1. The van der Waals surface area contributed by atoms with Gasteiger partial charge in [-0.25, -0.2) is 8.78 Å². The van der Waals surface area contributed by atoms with E-state index in [1.165, 1.54) is 0 Å². The zero-order valence-corrected chi connectivity index (χ0v) is 15.7. The highest BCUT2D eigenvalue weighted by atomic mass is 35.5. The third-order valence-electron chi connectivity index (χ3n) is 4.66. The topological polar surface area (TPSA) is 75.4 Å². The highest BCUT2D eigenvalue weighted by Gasteiger charge is 2.24. The molecular formula is C18H26ClF2N3O2. The van der Waals surface area contributed by atoms with Crippen molar-refractivity contribution in [3.05, 3.63) is 35.4 Å². The van der Waals surface area contributed by atoms with Crippen molar-refractivity contribution in [2.75, 3.05) is 19.6 Å². The van der Waals surface area contributed by atoms with Crippen LogP contribution in [0.25, 0.3) is 0 Å². The standard InChI is InChI=1S/C18H25F2N3O2.ClH/c1-12(21)13-6-9-23(10-7-13)17(24)3-2-8-22-18(25)15-5-4-14(19)11-16(15)20;/h4-5,11-13H,2-3,6-10,21H2,1H3,(H,22,25);1H. The van der Waals surface area contributed by atoms with Crippen molar-refractivity contribution in [1.29, 1.82) is 0 Å². The second-order valence-corrected chi connectivity index (χ2v) is 6.56. The number of carbonyl (C=O) groups excluding carboxylic acids is 2. The van der Waals surface area contributed by atoms with Gasteiger partial charge in [0, 0.05) is 38.2 Å². The van der Waals surface area contributed by atoms with Crippen molar-refractivity contribution in [2.24, 2.45) is 11.7 Å². The average molecular weight is 390 g/mol. The number of halogens is 3. The fraction of sp³-hybridized carbons (Fsp3) is 0.556. The number of nitrogens with two attached hydrogens (primary N) is 1. The minimum Gasteiger partial charge on any atom is -0.352 e. The van der Waals surface area contributed by atoms with Crippen molar-refractivity contribution < 1.29 is 18.4 Å². The first-order chi connectivity index (χ1) is 11.9. The lowest BCUT2D eigenvalue weighted by atomic mass is 9.91. The third-order valence-corrected chi connectivity index (χ3v) is 4.66. The Labute approximate surface area is 158 Å². The minimum atomic E-state index is -0.898. The molecule has 1 aliphatic rings. The number of hydrogen-bond acceptors (Lipinski definition) is 3. The van der Waals surface area contributed by atoms with E-state index in [1.54, 1.807) is 0 Å². The SMILES string of the molecule is CC(N)C1CCN(C(=O)CCCNC(=O)c2ccc(F)cc2F)CC1.Cl. The first-order valence-electron chi connectivity index (χ1n) is 8.65. The predicted molar refractivity (Wildman–Crippen MR) is 98.1 cm³/mol. The highest BCUT2D eigenvalue weighted by molar-refractivity contribution is 5.94. The van der Waals surface area contributed by atoms with Gasteiger partial charge in [-0.3, -0.25) is 9.59 Å². The normalized spacial score (nSPS) is 15.9. The fourth-order valence-electron chi connectivity index (χ4n) is 3.04. The Hall–Kier alpha value is -1.73. The van der Waals surface area contributed by atoms with Crippen LogP contribution in [-0.2, 0) is 4.79 Å². The van der Waals surface area contributed by atoms with E-state index < -0.39 is 17.5 Å². The summed E-state index contributed by atoms with van der Waals surface area (Å²) in [5.74, 6) is -1.71. The largest absolute Gasteiger partial charge is 0.352 e. The molecule has 2 amide bonds. The van der Waals surface area contributed by atoms with Crippen LogP contribution in [0.15, 0.2) is 18.2 Å². The van der Waals surface area contributed by atoms with Crippen LogP contribution >= 0.6 is 12.4 Å². The molecule has 0 spiro atoms. The zero-order valence-electron chi connectivity index (χ0n) is 14.8. The maximum atomic E-state index is 13.5. The van der Waals surface area contributed by atoms with Gasteiger partial charge in [0.05, 0.1) is 5.56 Å². The third kappa shape index (κ3) is 6.21. The highest BCUT2D eigenvalue weighted by Crippen LogP contribution is 2.20. The van der Waals surface area contributed by atoms with Crippen LogP contribution in [0.1, 0.15) is 43.0 Å². The summed E-state index contributed by atoms with van der Waals surface area (Å²) in [5, 5.41) is 2.55. The molecule has 0 saturated carbocycles. The fourth-order valence-corrected chi connectivity index (χ4v) is 3.04. The Morgan fingerprint density at radius 1 is 1.31 bits per heavy atom. The van der Waals surface area contributed by atoms with E-state index in [0.717, 1.165) is 38.1 Å². The van der Waals surface area contributed by atoms with Gasteiger partial charge in [-0.1, -0.05) is 0 Å². The Balaban J connectivity index is 0.00000338. The molecule has 1 atom stereocenters. The van der Waals surface area contributed by atoms with Gasteiger partial charge in [0.15, 0.2) is 0 Å². The monoisotopic (exact) mass is 389 g/mol. The van der Waals surface area contributed by atoms with Crippen molar-refractivity contribution >= 4 is 24.2 Å². The van der Waals surface area contributed by atoms with Crippen LogP contribution < -0.4 is 11.1 Å². The van der Waals surface area contributed by atoms with Gasteiger partial charge in [0.25, 0.3) is 5.91 Å². The number of piperidine rings is 1. The predicted octanol–water partition coefficient (Wildman–Crippen LogP) is 2.48. The molecule has 146 valence electrons. The summed E-state index contributed by atoms with van der Waals surface area (Å²) < 4.78 is 26.3. The first kappa shape index (κ1) is 22.3. The van der Waals surface area contributed by atoms with E-state index >= 15 is 0 Å². The zero-order chi connectivity index (χ0) is 18.4. The number of rotatable bonds is 6. The number of likely N-dealkylation sites (tertiary alicyclic amines) is 1. The minimum absolute atomic E-state index is 0. The van der Waals surface area contributed by atoms with Crippen LogP contribution in [0.2, 0.25) is 0 Å². The Morgan fingerprint density at radius 2 is 1.96 bits per heavy atom. The molecule has 1 heterocycles. The van der Waals surface area contributed by atoms with E-state index in [0.29, 0.717) is 24.8 Å². The van der Waals surface area contributed by atoms with Crippen LogP contribution in [0.3, 0.4) is 0 Å². The molecule has 1 aromatic carbocycles. The molecule has 8 heteroatoms. The number of nitrogens with one attached hydrogen (secondary N) is 1. The Bertz CT molecular complexity index is 620. The van der Waals surface area contributed by atoms with E-state index in [9.17, 15) is 18.4 Å². The van der Waals surface area contributed by atoms with E-state index in [2.05, 4.69) is 5.32 Å². The molecule has 0 bridgehead atoms. The van der Waals surface area contributed by atoms with Gasteiger partial charge in [-0.05, 0) is 44.2 Å². The molecule has 26 heavy (non-hydrogen) atoms. The van der Waals surface area contributed by atoms with E-state index in [4.69, 9.17) is 5.73 Å². The van der Waals surface area contributed by atoms with Gasteiger partial charge in [-0.15, -0.1) is 12.4 Å². The van der Waals surface area contributed by atoms with Gasteiger partial charge in [0.1, 0.15) is 11.6 Å². The average Bonchev–Trinajstić information content (AvgIpc) is 2.58. The van der Waals surface area contributed by atoms with Crippen LogP contribution in [0.4, 0.5) is 8.78 Å². The molecule has 1 fully saturated rings. The molecular weight excluding hydrogens is 364 g/mol. The quantitative estimate of drug-likeness (QED) is 0.734. The maximum Gasteiger partial charge on any atom is 0.254 e. The Kier molecular flexibility index (Phi) is 8.95. The van der Waals surface area contributed by atoms with Crippen molar-refractivity contribution in [1.82, 2.24) is 10.2 Å². The number of carbonyl (C=O) groups is 2. The summed E-state index contributed by atoms with van der Waals surface area (Å²) in [6.45, 7) is 3.70. The molecule has 1 unspecified atom stereocenters. The number of hydrogen-bond donors (Lipinski definition) is 2. The lowest BCUT2D eigenvalue weighted by molar-refractivity contribution is -0.132. The van der Waals surface area contributed by atoms with Gasteiger partial charge < -0.3 is 16.0 Å². The molecule has 0 radical (unpaired) electrons. The van der Waals surface area contributed by atoms with E-state index in [1.807, 2.05) is 11.8 Å². The molecule has 2 rings (SSSR count). The molecule has 3 N–H and O–H groups in total. The van der Waals surface area contributed by atoms with Crippen molar-refractivity contribution in [3.63, 3.8) is 0 Å².